The molecule has 0 atom stereocenters. The zero-order chi connectivity index (χ0) is 24.1. The van der Waals surface area contributed by atoms with Crippen LogP contribution in [0.3, 0.4) is 0 Å². The average Bonchev–Trinajstić information content (AvgIpc) is 2.72. The van der Waals surface area contributed by atoms with E-state index in [1.54, 1.807) is 26.8 Å². The lowest BCUT2D eigenvalue weighted by molar-refractivity contribution is -0.136. The van der Waals surface area contributed by atoms with E-state index in [1.165, 1.54) is 19.2 Å². The van der Waals surface area contributed by atoms with E-state index in [0.717, 1.165) is 12.8 Å². The SMILES string of the molecule is CCC(CC)C(=O)N1CCC(NC(=O)c2ccc(OC)c(S(=O)(=O)NC(C)(C)C)c2)CC1. The number of methoxy groups -OCH3 is 1. The van der Waals surface area contributed by atoms with Gasteiger partial charge in [-0.3, -0.25) is 9.59 Å². The van der Waals surface area contributed by atoms with Crippen molar-refractivity contribution in [3.63, 3.8) is 0 Å². The molecule has 0 saturated carbocycles. The standard InChI is InChI=1S/C23H37N3O5S/c1-7-16(8-2)22(28)26-13-11-18(12-14-26)24-21(27)17-9-10-19(31-6)20(15-17)32(29,30)25-23(3,4)5/h9-10,15-16,18,25H,7-8,11-14H2,1-6H3,(H,24,27). The van der Waals surface area contributed by atoms with E-state index in [0.29, 0.717) is 25.9 Å². The highest BCUT2D eigenvalue weighted by atomic mass is 32.2. The van der Waals surface area contributed by atoms with E-state index < -0.39 is 15.6 Å². The van der Waals surface area contributed by atoms with Gasteiger partial charge in [0.2, 0.25) is 15.9 Å². The van der Waals surface area contributed by atoms with Crippen molar-refractivity contribution < 1.29 is 22.7 Å². The van der Waals surface area contributed by atoms with Crippen LogP contribution >= 0.6 is 0 Å². The fraction of sp³-hybridized carbons (Fsp3) is 0.652. The van der Waals surface area contributed by atoms with Crippen LogP contribution in [-0.4, -0.2) is 56.9 Å². The van der Waals surface area contributed by atoms with Crippen molar-refractivity contribution in [2.24, 2.45) is 5.92 Å². The third kappa shape index (κ3) is 6.68. The molecule has 2 N–H and O–H groups in total. The van der Waals surface area contributed by atoms with Crippen molar-refractivity contribution in [1.82, 2.24) is 14.9 Å². The molecular weight excluding hydrogens is 430 g/mol. The Kier molecular flexibility index (Phi) is 8.70. The van der Waals surface area contributed by atoms with Gasteiger partial charge in [0, 0.05) is 36.2 Å². The highest BCUT2D eigenvalue weighted by Crippen LogP contribution is 2.26. The lowest BCUT2D eigenvalue weighted by Crippen LogP contribution is -2.48. The third-order valence-electron chi connectivity index (χ3n) is 5.63. The predicted molar refractivity (Wildman–Crippen MR) is 124 cm³/mol. The largest absolute Gasteiger partial charge is 0.495 e. The second-order valence-corrected chi connectivity index (χ2v) is 11.0. The van der Waals surface area contributed by atoms with Crippen molar-refractivity contribution in [1.29, 1.82) is 0 Å². The van der Waals surface area contributed by atoms with E-state index in [-0.39, 0.29) is 40.0 Å². The zero-order valence-corrected chi connectivity index (χ0v) is 20.8. The van der Waals surface area contributed by atoms with Gasteiger partial charge in [0.15, 0.2) is 0 Å². The van der Waals surface area contributed by atoms with Crippen molar-refractivity contribution in [3.8, 4) is 5.75 Å². The Morgan fingerprint density at radius 1 is 1.16 bits per heavy atom. The van der Waals surface area contributed by atoms with Crippen molar-refractivity contribution in [2.45, 2.75) is 76.8 Å². The molecule has 0 aromatic heterocycles. The molecule has 9 heteroatoms. The minimum Gasteiger partial charge on any atom is -0.495 e. The number of likely N-dealkylation sites (tertiary alicyclic amines) is 1. The Morgan fingerprint density at radius 2 is 1.75 bits per heavy atom. The lowest BCUT2D eigenvalue weighted by Gasteiger charge is -2.34. The summed E-state index contributed by atoms with van der Waals surface area (Å²) in [5.41, 5.74) is -0.433. The van der Waals surface area contributed by atoms with Gasteiger partial charge < -0.3 is 15.0 Å². The molecule has 1 aromatic rings. The number of carbonyl (C=O) groups is 2. The Labute approximate surface area is 192 Å². The van der Waals surface area contributed by atoms with Crippen molar-refractivity contribution in [2.75, 3.05) is 20.2 Å². The first-order chi connectivity index (χ1) is 14.9. The van der Waals surface area contributed by atoms with Crippen LogP contribution in [0.1, 0.15) is 70.7 Å². The molecule has 0 aliphatic carbocycles. The molecule has 0 radical (unpaired) electrons. The summed E-state index contributed by atoms with van der Waals surface area (Å²) in [5, 5.41) is 2.98. The molecule has 0 spiro atoms. The van der Waals surface area contributed by atoms with E-state index in [9.17, 15) is 18.0 Å². The number of benzene rings is 1. The summed E-state index contributed by atoms with van der Waals surface area (Å²) in [7, 11) is -2.49. The quantitative estimate of drug-likeness (QED) is 0.612. The summed E-state index contributed by atoms with van der Waals surface area (Å²) in [4.78, 5) is 27.2. The lowest BCUT2D eigenvalue weighted by atomic mass is 9.98. The normalized spacial score (nSPS) is 15.7. The van der Waals surface area contributed by atoms with Gasteiger partial charge in [0.1, 0.15) is 10.6 Å². The Balaban J connectivity index is 2.09. The minimum atomic E-state index is -3.88. The Hall–Kier alpha value is -2.13. The average molecular weight is 468 g/mol. The number of amides is 2. The smallest absolute Gasteiger partial charge is 0.251 e. The number of sulfonamides is 1. The van der Waals surface area contributed by atoms with Crippen LogP contribution in [-0.2, 0) is 14.8 Å². The van der Waals surface area contributed by atoms with Crippen molar-refractivity contribution >= 4 is 21.8 Å². The van der Waals surface area contributed by atoms with Crippen LogP contribution in [0, 0.1) is 5.92 Å². The maximum absolute atomic E-state index is 12.8. The van der Waals surface area contributed by atoms with Crippen LogP contribution in [0.5, 0.6) is 5.75 Å². The monoisotopic (exact) mass is 467 g/mol. The summed E-state index contributed by atoms with van der Waals surface area (Å²) in [6.45, 7) is 10.5. The van der Waals surface area contributed by atoms with Gasteiger partial charge in [-0.2, -0.15) is 0 Å². The molecule has 1 aliphatic heterocycles. The molecule has 1 aromatic carbocycles. The maximum Gasteiger partial charge on any atom is 0.251 e. The fourth-order valence-electron chi connectivity index (χ4n) is 3.90. The van der Waals surface area contributed by atoms with Gasteiger partial charge >= 0.3 is 0 Å². The van der Waals surface area contributed by atoms with Crippen molar-refractivity contribution in [3.05, 3.63) is 23.8 Å². The summed E-state index contributed by atoms with van der Waals surface area (Å²) in [6, 6.07) is 4.32. The molecule has 2 rings (SSSR count). The van der Waals surface area contributed by atoms with E-state index in [4.69, 9.17) is 4.74 Å². The van der Waals surface area contributed by atoms with Gasteiger partial charge in [0.05, 0.1) is 7.11 Å². The fourth-order valence-corrected chi connectivity index (χ4v) is 5.51. The third-order valence-corrected chi connectivity index (χ3v) is 7.41. The number of hydrogen-bond acceptors (Lipinski definition) is 5. The van der Waals surface area contributed by atoms with Crippen LogP contribution in [0.2, 0.25) is 0 Å². The summed E-state index contributed by atoms with van der Waals surface area (Å²) < 4.78 is 33.5. The zero-order valence-electron chi connectivity index (χ0n) is 20.0. The molecule has 1 saturated heterocycles. The molecule has 1 heterocycles. The van der Waals surface area contributed by atoms with Crippen LogP contribution in [0.15, 0.2) is 23.1 Å². The second kappa shape index (κ2) is 10.7. The van der Waals surface area contributed by atoms with E-state index in [1.807, 2.05) is 18.7 Å². The van der Waals surface area contributed by atoms with Crippen LogP contribution < -0.4 is 14.8 Å². The number of rotatable bonds is 8. The number of nitrogens with one attached hydrogen (secondary N) is 2. The number of ether oxygens (including phenoxy) is 1. The van der Waals surface area contributed by atoms with Gasteiger partial charge in [-0.1, -0.05) is 13.8 Å². The summed E-state index contributed by atoms with van der Waals surface area (Å²) in [6.07, 6.45) is 3.01. The first-order valence-corrected chi connectivity index (χ1v) is 12.7. The number of carbonyl (C=O) groups excluding carboxylic acids is 2. The minimum absolute atomic E-state index is 0.0579. The number of nitrogens with zero attached hydrogens (tertiary/aromatic N) is 1. The molecule has 32 heavy (non-hydrogen) atoms. The highest BCUT2D eigenvalue weighted by Gasteiger charge is 2.29. The van der Waals surface area contributed by atoms with E-state index in [2.05, 4.69) is 10.0 Å². The molecule has 0 bridgehead atoms. The number of hydrogen-bond donors (Lipinski definition) is 2. The first-order valence-electron chi connectivity index (χ1n) is 11.2. The molecule has 1 fully saturated rings. The maximum atomic E-state index is 12.8. The second-order valence-electron chi connectivity index (χ2n) is 9.31. The van der Waals surface area contributed by atoms with Crippen LogP contribution in [0.25, 0.3) is 0 Å². The van der Waals surface area contributed by atoms with Crippen LogP contribution in [0.4, 0.5) is 0 Å². The van der Waals surface area contributed by atoms with Gasteiger partial charge in [-0.05, 0) is 64.7 Å². The van der Waals surface area contributed by atoms with Gasteiger partial charge in [-0.25, -0.2) is 13.1 Å². The molecule has 180 valence electrons. The molecular formula is C23H37N3O5S. The van der Waals surface area contributed by atoms with E-state index >= 15 is 0 Å². The topological polar surface area (TPSA) is 105 Å². The molecule has 0 unspecified atom stereocenters. The molecule has 1 aliphatic rings. The van der Waals surface area contributed by atoms with Gasteiger partial charge in [-0.15, -0.1) is 0 Å². The van der Waals surface area contributed by atoms with Gasteiger partial charge in [0.25, 0.3) is 5.91 Å². The molecule has 8 nitrogen and oxygen atoms in total. The Bertz CT molecular complexity index is 912. The highest BCUT2D eigenvalue weighted by molar-refractivity contribution is 7.89. The number of piperidine rings is 1. The Morgan fingerprint density at radius 3 is 2.25 bits per heavy atom. The summed E-state index contributed by atoms with van der Waals surface area (Å²) in [5.74, 6) is 0.0785. The molecule has 2 amide bonds. The first kappa shape index (κ1) is 26.1. The predicted octanol–water partition coefficient (Wildman–Crippen LogP) is 2.93. The summed E-state index contributed by atoms with van der Waals surface area (Å²) >= 11 is 0.